The zero-order chi connectivity index (χ0) is 19.5. The highest BCUT2D eigenvalue weighted by atomic mass is 35.5. The minimum absolute atomic E-state index is 0.0222. The van der Waals surface area contributed by atoms with Crippen LogP contribution in [0, 0.1) is 0 Å². The van der Waals surface area contributed by atoms with Gasteiger partial charge in [-0.15, -0.1) is 0 Å². The number of carbonyl (C=O) groups excluding carboxylic acids is 2. The van der Waals surface area contributed by atoms with Gasteiger partial charge in [0.2, 0.25) is 10.0 Å². The highest BCUT2D eigenvalue weighted by Crippen LogP contribution is 2.23. The Morgan fingerprint density at radius 3 is 2.04 bits per heavy atom. The van der Waals surface area contributed by atoms with Gasteiger partial charge in [-0.25, -0.2) is 17.5 Å². The van der Waals surface area contributed by atoms with Crippen LogP contribution in [0.15, 0.2) is 47.4 Å². The second-order valence-electron chi connectivity index (χ2n) is 5.45. The van der Waals surface area contributed by atoms with Crippen LogP contribution < -0.4 is 16.4 Å². The smallest absolute Gasteiger partial charge is 0.316 e. The summed E-state index contributed by atoms with van der Waals surface area (Å²) >= 11 is 6.04. The number of urea groups is 1. The largest absolute Gasteiger partial charge is 0.351 e. The number of nitrogens with two attached hydrogens (primary N) is 1. The SMILES string of the molecule is CN(C)S(=O)(=O)c1ccc(Cl)c(C(=O)Nc2ccc(NC(N)=O)cc2)c1. The number of nitrogens with zero attached hydrogens (tertiary/aromatic N) is 1. The Balaban J connectivity index is 2.25. The lowest BCUT2D eigenvalue weighted by molar-refractivity contribution is 0.102. The standard InChI is InChI=1S/C16H17ClN4O4S/c1-21(2)26(24,25)12-7-8-14(17)13(9-12)15(22)19-10-3-5-11(6-4-10)20-16(18)23/h3-9H,1-2H3,(H,19,22)(H3,18,20,23). The van der Waals surface area contributed by atoms with Gasteiger partial charge < -0.3 is 16.4 Å². The number of hydrogen-bond donors (Lipinski definition) is 3. The quantitative estimate of drug-likeness (QED) is 0.717. The summed E-state index contributed by atoms with van der Waals surface area (Å²) in [5.41, 5.74) is 5.94. The van der Waals surface area contributed by atoms with Crippen LogP contribution in [-0.4, -0.2) is 38.8 Å². The van der Waals surface area contributed by atoms with E-state index in [0.29, 0.717) is 11.4 Å². The first-order chi connectivity index (χ1) is 12.1. The molecule has 8 nitrogen and oxygen atoms in total. The summed E-state index contributed by atoms with van der Waals surface area (Å²) in [6.45, 7) is 0. The van der Waals surface area contributed by atoms with E-state index in [9.17, 15) is 18.0 Å². The number of halogens is 1. The predicted molar refractivity (Wildman–Crippen MR) is 99.9 cm³/mol. The van der Waals surface area contributed by atoms with Gasteiger partial charge in [-0.2, -0.15) is 0 Å². The number of primary amides is 1. The van der Waals surface area contributed by atoms with E-state index in [1.54, 1.807) is 24.3 Å². The molecule has 2 aromatic rings. The van der Waals surface area contributed by atoms with Crippen LogP contribution in [-0.2, 0) is 10.0 Å². The van der Waals surface area contributed by atoms with Crippen molar-refractivity contribution in [2.45, 2.75) is 4.90 Å². The number of amides is 3. The lowest BCUT2D eigenvalue weighted by atomic mass is 10.2. The number of hydrogen-bond acceptors (Lipinski definition) is 4. The monoisotopic (exact) mass is 396 g/mol. The average Bonchev–Trinajstić information content (AvgIpc) is 2.56. The van der Waals surface area contributed by atoms with Gasteiger partial charge in [0.05, 0.1) is 15.5 Å². The number of benzene rings is 2. The van der Waals surface area contributed by atoms with Crippen LogP contribution in [0.5, 0.6) is 0 Å². The normalized spacial score (nSPS) is 11.2. The van der Waals surface area contributed by atoms with E-state index in [4.69, 9.17) is 17.3 Å². The first-order valence-electron chi connectivity index (χ1n) is 7.31. The number of anilines is 2. The first-order valence-corrected chi connectivity index (χ1v) is 9.13. The van der Waals surface area contributed by atoms with Crippen molar-refractivity contribution in [1.29, 1.82) is 0 Å². The van der Waals surface area contributed by atoms with E-state index >= 15 is 0 Å². The molecular weight excluding hydrogens is 380 g/mol. The summed E-state index contributed by atoms with van der Waals surface area (Å²) in [5.74, 6) is -0.568. The van der Waals surface area contributed by atoms with Gasteiger partial charge >= 0.3 is 6.03 Å². The molecule has 0 saturated heterocycles. The van der Waals surface area contributed by atoms with E-state index in [1.165, 1.54) is 32.3 Å². The van der Waals surface area contributed by atoms with Gasteiger partial charge in [-0.05, 0) is 42.5 Å². The molecule has 0 atom stereocenters. The second-order valence-corrected chi connectivity index (χ2v) is 8.01. The molecule has 0 aromatic heterocycles. The van der Waals surface area contributed by atoms with Crippen molar-refractivity contribution in [2.75, 3.05) is 24.7 Å². The van der Waals surface area contributed by atoms with Gasteiger partial charge in [0, 0.05) is 25.5 Å². The molecule has 0 saturated carbocycles. The first kappa shape index (κ1) is 19.7. The highest BCUT2D eigenvalue weighted by molar-refractivity contribution is 7.89. The predicted octanol–water partition coefficient (Wildman–Crippen LogP) is 2.33. The molecule has 0 fully saturated rings. The van der Waals surface area contributed by atoms with Crippen molar-refractivity contribution in [3.63, 3.8) is 0 Å². The molecule has 2 rings (SSSR count). The molecule has 10 heteroatoms. The maximum Gasteiger partial charge on any atom is 0.316 e. The van der Waals surface area contributed by atoms with Crippen molar-refractivity contribution in [3.05, 3.63) is 53.1 Å². The molecule has 0 aliphatic carbocycles. The molecule has 3 amide bonds. The molecule has 0 unspecified atom stereocenters. The van der Waals surface area contributed by atoms with E-state index in [1.807, 2.05) is 0 Å². The molecule has 26 heavy (non-hydrogen) atoms. The molecule has 0 aliphatic heterocycles. The summed E-state index contributed by atoms with van der Waals surface area (Å²) in [6.07, 6.45) is 0. The summed E-state index contributed by atoms with van der Waals surface area (Å²) < 4.78 is 25.5. The van der Waals surface area contributed by atoms with Crippen LogP contribution in [0.4, 0.5) is 16.2 Å². The van der Waals surface area contributed by atoms with Crippen molar-refractivity contribution >= 4 is 44.9 Å². The van der Waals surface area contributed by atoms with Gasteiger partial charge in [-0.1, -0.05) is 11.6 Å². The third-order valence-electron chi connectivity index (χ3n) is 3.37. The van der Waals surface area contributed by atoms with Gasteiger partial charge in [0.25, 0.3) is 5.91 Å². The Bertz CT molecular complexity index is 943. The number of rotatable bonds is 5. The van der Waals surface area contributed by atoms with Crippen LogP contribution in [0.3, 0.4) is 0 Å². The highest BCUT2D eigenvalue weighted by Gasteiger charge is 2.20. The molecule has 0 spiro atoms. The van der Waals surface area contributed by atoms with Crippen LogP contribution >= 0.6 is 11.6 Å². The number of nitrogens with one attached hydrogen (secondary N) is 2. The van der Waals surface area contributed by atoms with Gasteiger partial charge in [0.15, 0.2) is 0 Å². The average molecular weight is 397 g/mol. The molecule has 0 aliphatic rings. The fourth-order valence-electron chi connectivity index (χ4n) is 2.03. The maximum absolute atomic E-state index is 12.5. The van der Waals surface area contributed by atoms with Gasteiger partial charge in [-0.3, -0.25) is 4.79 Å². The van der Waals surface area contributed by atoms with Crippen molar-refractivity contribution in [1.82, 2.24) is 4.31 Å². The fourth-order valence-corrected chi connectivity index (χ4v) is 3.16. The Morgan fingerprint density at radius 1 is 1.00 bits per heavy atom. The van der Waals surface area contributed by atoms with E-state index in [-0.39, 0.29) is 15.5 Å². The lowest BCUT2D eigenvalue weighted by Gasteiger charge is -2.13. The summed E-state index contributed by atoms with van der Waals surface area (Å²) in [4.78, 5) is 23.2. The van der Waals surface area contributed by atoms with E-state index in [2.05, 4.69) is 10.6 Å². The van der Waals surface area contributed by atoms with Crippen molar-refractivity contribution < 1.29 is 18.0 Å². The fraction of sp³-hybridized carbons (Fsp3) is 0.125. The minimum atomic E-state index is -3.70. The van der Waals surface area contributed by atoms with Crippen molar-refractivity contribution in [3.8, 4) is 0 Å². The Morgan fingerprint density at radius 2 is 1.54 bits per heavy atom. The van der Waals surface area contributed by atoms with Gasteiger partial charge in [0.1, 0.15) is 0 Å². The minimum Gasteiger partial charge on any atom is -0.351 e. The molecule has 0 bridgehead atoms. The third kappa shape index (κ3) is 4.51. The topological polar surface area (TPSA) is 122 Å². The second kappa shape index (κ2) is 7.73. The molecular formula is C16H17ClN4O4S. The van der Waals surface area contributed by atoms with E-state index < -0.39 is 22.0 Å². The van der Waals surface area contributed by atoms with E-state index in [0.717, 1.165) is 4.31 Å². The Hall–Kier alpha value is -2.62. The molecule has 0 heterocycles. The van der Waals surface area contributed by atoms with Crippen LogP contribution in [0.2, 0.25) is 5.02 Å². The van der Waals surface area contributed by atoms with Crippen LogP contribution in [0.25, 0.3) is 0 Å². The zero-order valence-electron chi connectivity index (χ0n) is 14.0. The third-order valence-corrected chi connectivity index (χ3v) is 5.51. The Labute approximate surface area is 156 Å². The van der Waals surface area contributed by atoms with Crippen molar-refractivity contribution in [2.24, 2.45) is 5.73 Å². The summed E-state index contributed by atoms with van der Waals surface area (Å²) in [7, 11) is -0.909. The maximum atomic E-state index is 12.5. The molecule has 4 N–H and O–H groups in total. The molecule has 138 valence electrons. The lowest BCUT2D eigenvalue weighted by Crippen LogP contribution is -2.23. The Kier molecular flexibility index (Phi) is 5.86. The molecule has 2 aromatic carbocycles. The summed E-state index contributed by atoms with van der Waals surface area (Å²) in [6, 6.07) is 9.41. The number of sulfonamides is 1. The molecule has 0 radical (unpaired) electrons. The summed E-state index contributed by atoms with van der Waals surface area (Å²) in [5, 5.41) is 5.12. The zero-order valence-corrected chi connectivity index (χ0v) is 15.6. The number of carbonyl (C=O) groups is 2. The van der Waals surface area contributed by atoms with Crippen LogP contribution in [0.1, 0.15) is 10.4 Å².